The molecule has 2 aromatic rings. The molecule has 0 saturated carbocycles. The molecule has 0 spiro atoms. The fourth-order valence-corrected chi connectivity index (χ4v) is 2.16. The lowest BCUT2D eigenvalue weighted by atomic mass is 10.1. The zero-order valence-electron chi connectivity index (χ0n) is 12.6. The van der Waals surface area contributed by atoms with Crippen LogP contribution in [0.2, 0.25) is 0 Å². The Morgan fingerprint density at radius 1 is 1.27 bits per heavy atom. The summed E-state index contributed by atoms with van der Waals surface area (Å²) in [5.41, 5.74) is 2.86. The Hall–Kier alpha value is -2.50. The van der Waals surface area contributed by atoms with Gasteiger partial charge in [0.25, 0.3) is 0 Å². The van der Waals surface area contributed by atoms with Gasteiger partial charge in [0, 0.05) is 10.8 Å². The molecule has 0 fully saturated rings. The standard InChI is InChI=1S/C16H20N4O2/c1-2-3-4-5-10-14(16(21)22)18-20-15-13-9-7-6-8-12(13)11-17-19-15/h6-9,11H,2-5,10H2,1H3,(H,19,20)(H,21,22)/b18-14+. The molecule has 2 rings (SSSR count). The first-order valence-electron chi connectivity index (χ1n) is 7.48. The maximum absolute atomic E-state index is 11.2. The summed E-state index contributed by atoms with van der Waals surface area (Å²) in [7, 11) is 0. The predicted molar refractivity (Wildman–Crippen MR) is 87.0 cm³/mol. The highest BCUT2D eigenvalue weighted by Crippen LogP contribution is 2.19. The summed E-state index contributed by atoms with van der Waals surface area (Å²) in [6.45, 7) is 2.12. The Labute approximate surface area is 129 Å². The molecule has 0 aliphatic carbocycles. The van der Waals surface area contributed by atoms with Crippen LogP contribution in [0.25, 0.3) is 10.8 Å². The van der Waals surface area contributed by atoms with Gasteiger partial charge in [-0.05, 0) is 12.8 Å². The molecule has 6 nitrogen and oxygen atoms in total. The van der Waals surface area contributed by atoms with E-state index in [9.17, 15) is 9.90 Å². The Balaban J connectivity index is 2.10. The molecule has 0 aliphatic rings. The van der Waals surface area contributed by atoms with Crippen molar-refractivity contribution in [1.29, 1.82) is 0 Å². The molecular formula is C16H20N4O2. The minimum atomic E-state index is -1.00. The van der Waals surface area contributed by atoms with E-state index in [1.54, 1.807) is 6.20 Å². The van der Waals surface area contributed by atoms with Crippen LogP contribution in [-0.2, 0) is 4.79 Å². The van der Waals surface area contributed by atoms with Crippen molar-refractivity contribution < 1.29 is 9.90 Å². The van der Waals surface area contributed by atoms with E-state index in [-0.39, 0.29) is 5.71 Å². The highest BCUT2D eigenvalue weighted by atomic mass is 16.4. The average Bonchev–Trinajstić information content (AvgIpc) is 2.54. The molecule has 6 heteroatoms. The SMILES string of the molecule is CCCCCC/C(=N\Nc1nncc2ccccc12)C(=O)O. The number of benzene rings is 1. The molecule has 1 heterocycles. The third-order valence-corrected chi connectivity index (χ3v) is 3.38. The number of carbonyl (C=O) groups is 1. The smallest absolute Gasteiger partial charge is 0.352 e. The van der Waals surface area contributed by atoms with Crippen LogP contribution in [0.1, 0.15) is 39.0 Å². The predicted octanol–water partition coefficient (Wildman–Crippen LogP) is 3.45. The van der Waals surface area contributed by atoms with Crippen LogP contribution in [0.4, 0.5) is 5.82 Å². The summed E-state index contributed by atoms with van der Waals surface area (Å²) in [4.78, 5) is 11.2. The van der Waals surface area contributed by atoms with Crippen molar-refractivity contribution >= 4 is 28.3 Å². The van der Waals surface area contributed by atoms with Crippen molar-refractivity contribution in [2.24, 2.45) is 5.10 Å². The third-order valence-electron chi connectivity index (χ3n) is 3.38. The van der Waals surface area contributed by atoms with Crippen molar-refractivity contribution in [3.63, 3.8) is 0 Å². The number of hydrazone groups is 1. The molecule has 116 valence electrons. The van der Waals surface area contributed by atoms with Gasteiger partial charge in [0.1, 0.15) is 5.71 Å². The molecule has 0 radical (unpaired) electrons. The van der Waals surface area contributed by atoms with Crippen molar-refractivity contribution in [3.05, 3.63) is 30.5 Å². The minimum absolute atomic E-state index is 0.117. The maximum Gasteiger partial charge on any atom is 0.352 e. The first kappa shape index (κ1) is 15.9. The number of carboxylic acids is 1. The summed E-state index contributed by atoms with van der Waals surface area (Å²) in [6, 6.07) is 7.61. The number of aliphatic carboxylic acids is 1. The average molecular weight is 300 g/mol. The summed E-state index contributed by atoms with van der Waals surface area (Å²) >= 11 is 0. The first-order chi connectivity index (χ1) is 10.7. The van der Waals surface area contributed by atoms with Gasteiger partial charge >= 0.3 is 5.97 Å². The van der Waals surface area contributed by atoms with Gasteiger partial charge in [-0.2, -0.15) is 10.2 Å². The number of anilines is 1. The molecule has 0 amide bonds. The number of nitrogens with one attached hydrogen (secondary N) is 1. The van der Waals surface area contributed by atoms with Gasteiger partial charge in [0.15, 0.2) is 5.82 Å². The summed E-state index contributed by atoms with van der Waals surface area (Å²) in [6.07, 6.45) is 6.16. The number of aromatic nitrogens is 2. The van der Waals surface area contributed by atoms with Crippen molar-refractivity contribution in [1.82, 2.24) is 10.2 Å². The number of nitrogens with zero attached hydrogens (tertiary/aromatic N) is 3. The van der Waals surface area contributed by atoms with E-state index in [2.05, 4.69) is 27.6 Å². The van der Waals surface area contributed by atoms with Gasteiger partial charge in [-0.1, -0.05) is 50.5 Å². The van der Waals surface area contributed by atoms with Crippen LogP contribution < -0.4 is 5.43 Å². The van der Waals surface area contributed by atoms with Crippen molar-refractivity contribution in [3.8, 4) is 0 Å². The maximum atomic E-state index is 11.2. The molecular weight excluding hydrogens is 280 g/mol. The van der Waals surface area contributed by atoms with E-state index >= 15 is 0 Å². The van der Waals surface area contributed by atoms with Gasteiger partial charge in [-0.25, -0.2) is 4.79 Å². The minimum Gasteiger partial charge on any atom is -0.477 e. The molecule has 0 unspecified atom stereocenters. The second-order valence-electron chi connectivity index (χ2n) is 5.07. The fourth-order valence-electron chi connectivity index (χ4n) is 2.16. The zero-order chi connectivity index (χ0) is 15.8. The second-order valence-corrected chi connectivity index (χ2v) is 5.07. The lowest BCUT2D eigenvalue weighted by Crippen LogP contribution is -2.15. The lowest BCUT2D eigenvalue weighted by Gasteiger charge is -2.05. The number of hydrogen-bond donors (Lipinski definition) is 2. The van der Waals surface area contributed by atoms with E-state index in [0.717, 1.165) is 36.5 Å². The van der Waals surface area contributed by atoms with Crippen LogP contribution in [0.5, 0.6) is 0 Å². The van der Waals surface area contributed by atoms with Crippen LogP contribution in [0, 0.1) is 0 Å². The summed E-state index contributed by atoms with van der Waals surface area (Å²) in [5.74, 6) is -0.539. The zero-order valence-corrected chi connectivity index (χ0v) is 12.6. The van der Waals surface area contributed by atoms with Crippen LogP contribution in [0.15, 0.2) is 35.6 Å². The first-order valence-corrected chi connectivity index (χ1v) is 7.48. The van der Waals surface area contributed by atoms with Crippen LogP contribution in [-0.4, -0.2) is 27.0 Å². The second kappa shape index (κ2) is 8.07. The van der Waals surface area contributed by atoms with E-state index < -0.39 is 5.97 Å². The summed E-state index contributed by atoms with van der Waals surface area (Å²) in [5, 5.41) is 22.9. The third kappa shape index (κ3) is 4.25. The number of hydrogen-bond acceptors (Lipinski definition) is 5. The highest BCUT2D eigenvalue weighted by molar-refractivity contribution is 6.35. The van der Waals surface area contributed by atoms with Crippen LogP contribution in [0.3, 0.4) is 0 Å². The largest absolute Gasteiger partial charge is 0.477 e. The lowest BCUT2D eigenvalue weighted by molar-refractivity contribution is -0.129. The highest BCUT2D eigenvalue weighted by Gasteiger charge is 2.10. The Kier molecular flexibility index (Phi) is 5.82. The van der Waals surface area contributed by atoms with Gasteiger partial charge in [0.2, 0.25) is 0 Å². The van der Waals surface area contributed by atoms with Gasteiger partial charge in [0.05, 0.1) is 6.20 Å². The van der Waals surface area contributed by atoms with Gasteiger partial charge in [-0.3, -0.25) is 5.43 Å². The molecule has 0 atom stereocenters. The van der Waals surface area contributed by atoms with Crippen LogP contribution >= 0.6 is 0 Å². The quantitative estimate of drug-likeness (QED) is 0.443. The van der Waals surface area contributed by atoms with Gasteiger partial charge < -0.3 is 5.11 Å². The van der Waals surface area contributed by atoms with E-state index in [1.165, 1.54) is 0 Å². The number of unbranched alkanes of at least 4 members (excludes halogenated alkanes) is 3. The van der Waals surface area contributed by atoms with Crippen molar-refractivity contribution in [2.75, 3.05) is 5.43 Å². The number of fused-ring (bicyclic) bond motifs is 1. The molecule has 1 aromatic carbocycles. The molecule has 0 bridgehead atoms. The molecule has 0 aliphatic heterocycles. The van der Waals surface area contributed by atoms with Crippen molar-refractivity contribution in [2.45, 2.75) is 39.0 Å². The molecule has 0 saturated heterocycles. The molecule has 2 N–H and O–H groups in total. The fraction of sp³-hybridized carbons (Fsp3) is 0.375. The van der Waals surface area contributed by atoms with Gasteiger partial charge in [-0.15, -0.1) is 5.10 Å². The monoisotopic (exact) mass is 300 g/mol. The topological polar surface area (TPSA) is 87.5 Å². The Morgan fingerprint density at radius 2 is 2.09 bits per heavy atom. The number of carboxylic acid groups (broad SMARTS) is 1. The van der Waals surface area contributed by atoms with E-state index in [1.807, 2.05) is 24.3 Å². The molecule has 1 aromatic heterocycles. The normalized spacial score (nSPS) is 11.6. The molecule has 22 heavy (non-hydrogen) atoms. The Morgan fingerprint density at radius 3 is 2.86 bits per heavy atom. The van der Waals surface area contributed by atoms with E-state index in [0.29, 0.717) is 12.2 Å². The Bertz CT molecular complexity index is 665. The van der Waals surface area contributed by atoms with E-state index in [4.69, 9.17) is 0 Å². The number of rotatable bonds is 8. The summed E-state index contributed by atoms with van der Waals surface area (Å²) < 4.78 is 0.